The summed E-state index contributed by atoms with van der Waals surface area (Å²) < 4.78 is 1.63. The van der Waals surface area contributed by atoms with Crippen molar-refractivity contribution in [1.82, 2.24) is 9.78 Å². The third-order valence-electron chi connectivity index (χ3n) is 3.77. The molecule has 0 saturated heterocycles. The minimum atomic E-state index is 0.0296. The summed E-state index contributed by atoms with van der Waals surface area (Å²) in [4.78, 5) is 12.6. The summed E-state index contributed by atoms with van der Waals surface area (Å²) in [7, 11) is 0. The van der Waals surface area contributed by atoms with E-state index in [9.17, 15) is 4.79 Å². The van der Waals surface area contributed by atoms with Crippen molar-refractivity contribution < 1.29 is 0 Å². The molecule has 1 aromatic heterocycles. The molecule has 0 unspecified atom stereocenters. The quantitative estimate of drug-likeness (QED) is 0.779. The molecule has 0 aliphatic rings. The Hall–Kier alpha value is -2.55. The number of hydrogen-bond donors (Lipinski definition) is 1. The minimum absolute atomic E-state index is 0.0296. The lowest BCUT2D eigenvalue weighted by atomic mass is 10.0. The lowest BCUT2D eigenvalue weighted by Gasteiger charge is -2.05. The smallest absolute Gasteiger partial charge is 0.275 e. The highest BCUT2D eigenvalue weighted by Gasteiger charge is 2.16. The van der Waals surface area contributed by atoms with Gasteiger partial charge in [0, 0.05) is 11.1 Å². The van der Waals surface area contributed by atoms with Gasteiger partial charge in [-0.25, -0.2) is 4.68 Å². The molecule has 0 fully saturated rings. The molecule has 3 nitrogen and oxygen atoms in total. The monoisotopic (exact) mass is 278 g/mol. The van der Waals surface area contributed by atoms with Crippen LogP contribution in [0, 0.1) is 6.92 Å². The van der Waals surface area contributed by atoms with E-state index in [0.717, 1.165) is 28.1 Å². The predicted molar refractivity (Wildman–Crippen MR) is 85.9 cm³/mol. The van der Waals surface area contributed by atoms with Crippen LogP contribution in [0.3, 0.4) is 0 Å². The van der Waals surface area contributed by atoms with Crippen LogP contribution in [-0.2, 0) is 6.42 Å². The second kappa shape index (κ2) is 5.44. The van der Waals surface area contributed by atoms with Gasteiger partial charge in [-0.3, -0.25) is 9.89 Å². The van der Waals surface area contributed by atoms with Gasteiger partial charge < -0.3 is 0 Å². The normalized spacial score (nSPS) is 10.8. The van der Waals surface area contributed by atoms with Gasteiger partial charge in [0.1, 0.15) is 0 Å². The standard InChI is InChI=1S/C18H18N2O/c1-3-15-17(16-12-8-7-9-13(16)2)19-20(18(15)21)14-10-5-4-6-11-14/h4-12,19H,3H2,1-2H3. The Bertz CT molecular complexity index is 813. The van der Waals surface area contributed by atoms with Crippen LogP contribution in [0.25, 0.3) is 16.9 Å². The second-order valence-electron chi connectivity index (χ2n) is 5.11. The number of para-hydroxylation sites is 1. The van der Waals surface area contributed by atoms with Crippen molar-refractivity contribution in [3.63, 3.8) is 0 Å². The van der Waals surface area contributed by atoms with E-state index in [2.05, 4.69) is 24.2 Å². The van der Waals surface area contributed by atoms with Crippen LogP contribution in [0.2, 0.25) is 0 Å². The van der Waals surface area contributed by atoms with Gasteiger partial charge in [0.05, 0.1) is 11.4 Å². The van der Waals surface area contributed by atoms with Crippen molar-refractivity contribution in [3.8, 4) is 16.9 Å². The van der Waals surface area contributed by atoms with Crippen molar-refractivity contribution in [2.45, 2.75) is 20.3 Å². The van der Waals surface area contributed by atoms with Gasteiger partial charge in [-0.05, 0) is 31.0 Å². The van der Waals surface area contributed by atoms with E-state index in [-0.39, 0.29) is 5.56 Å². The molecule has 1 N–H and O–H groups in total. The Morgan fingerprint density at radius 3 is 2.33 bits per heavy atom. The molecule has 0 amide bonds. The molecule has 0 aliphatic carbocycles. The van der Waals surface area contributed by atoms with Crippen molar-refractivity contribution in [1.29, 1.82) is 0 Å². The van der Waals surface area contributed by atoms with E-state index in [1.165, 1.54) is 0 Å². The highest BCUT2D eigenvalue weighted by molar-refractivity contribution is 5.66. The molecule has 21 heavy (non-hydrogen) atoms. The van der Waals surface area contributed by atoms with Crippen molar-refractivity contribution in [2.24, 2.45) is 0 Å². The molecule has 0 bridgehead atoms. The van der Waals surface area contributed by atoms with E-state index < -0.39 is 0 Å². The predicted octanol–water partition coefficient (Wildman–Crippen LogP) is 3.70. The Morgan fingerprint density at radius 1 is 1.00 bits per heavy atom. The van der Waals surface area contributed by atoms with Gasteiger partial charge >= 0.3 is 0 Å². The maximum Gasteiger partial charge on any atom is 0.275 e. The Labute approximate surface area is 123 Å². The van der Waals surface area contributed by atoms with E-state index in [0.29, 0.717) is 6.42 Å². The van der Waals surface area contributed by atoms with Crippen LogP contribution in [-0.4, -0.2) is 9.78 Å². The largest absolute Gasteiger partial charge is 0.290 e. The fourth-order valence-corrected chi connectivity index (χ4v) is 2.64. The van der Waals surface area contributed by atoms with Gasteiger partial charge in [-0.15, -0.1) is 0 Å². The molecule has 2 aromatic carbocycles. The number of benzene rings is 2. The molecule has 3 heteroatoms. The third kappa shape index (κ3) is 2.31. The van der Waals surface area contributed by atoms with E-state index in [1.54, 1.807) is 4.68 Å². The average molecular weight is 278 g/mol. The number of aryl methyl sites for hydroxylation is 1. The third-order valence-corrected chi connectivity index (χ3v) is 3.77. The first kappa shape index (κ1) is 13.4. The average Bonchev–Trinajstić information content (AvgIpc) is 2.85. The molecule has 0 aliphatic heterocycles. The van der Waals surface area contributed by atoms with Gasteiger partial charge in [0.25, 0.3) is 5.56 Å². The SMILES string of the molecule is CCc1c(-c2ccccc2C)[nH]n(-c2ccccc2)c1=O. The first-order chi connectivity index (χ1) is 10.2. The molecule has 3 aromatic rings. The Balaban J connectivity index is 2.24. The molecule has 106 valence electrons. The maximum atomic E-state index is 12.6. The van der Waals surface area contributed by atoms with Gasteiger partial charge in [-0.1, -0.05) is 49.4 Å². The fourth-order valence-electron chi connectivity index (χ4n) is 2.64. The van der Waals surface area contributed by atoms with Crippen molar-refractivity contribution in [3.05, 3.63) is 76.1 Å². The van der Waals surface area contributed by atoms with Gasteiger partial charge in [-0.2, -0.15) is 0 Å². The van der Waals surface area contributed by atoms with E-state index >= 15 is 0 Å². The number of H-pyrrole nitrogens is 1. The zero-order valence-corrected chi connectivity index (χ0v) is 12.3. The highest BCUT2D eigenvalue weighted by Crippen LogP contribution is 2.24. The second-order valence-corrected chi connectivity index (χ2v) is 5.11. The van der Waals surface area contributed by atoms with Gasteiger partial charge in [0.2, 0.25) is 0 Å². The summed E-state index contributed by atoms with van der Waals surface area (Å²) in [5.74, 6) is 0. The molecule has 1 heterocycles. The number of hydrogen-bond acceptors (Lipinski definition) is 1. The lowest BCUT2D eigenvalue weighted by Crippen LogP contribution is -2.16. The van der Waals surface area contributed by atoms with Crippen LogP contribution in [0.4, 0.5) is 0 Å². The zero-order valence-electron chi connectivity index (χ0n) is 12.3. The molecular weight excluding hydrogens is 260 g/mol. The topological polar surface area (TPSA) is 37.8 Å². The molecular formula is C18H18N2O. The van der Waals surface area contributed by atoms with Crippen LogP contribution >= 0.6 is 0 Å². The Kier molecular flexibility index (Phi) is 3.48. The minimum Gasteiger partial charge on any atom is -0.290 e. The van der Waals surface area contributed by atoms with E-state index in [1.807, 2.05) is 49.4 Å². The number of nitrogens with one attached hydrogen (secondary N) is 1. The van der Waals surface area contributed by atoms with Crippen LogP contribution in [0.15, 0.2) is 59.4 Å². The van der Waals surface area contributed by atoms with Gasteiger partial charge in [0.15, 0.2) is 0 Å². The lowest BCUT2D eigenvalue weighted by molar-refractivity contribution is 0.849. The van der Waals surface area contributed by atoms with Crippen molar-refractivity contribution in [2.75, 3.05) is 0 Å². The summed E-state index contributed by atoms with van der Waals surface area (Å²) in [6.45, 7) is 4.08. The number of aromatic nitrogens is 2. The summed E-state index contributed by atoms with van der Waals surface area (Å²) in [5, 5.41) is 3.28. The summed E-state index contributed by atoms with van der Waals surface area (Å²) in [5.41, 5.74) is 4.88. The van der Waals surface area contributed by atoms with Crippen LogP contribution in [0.1, 0.15) is 18.1 Å². The number of nitrogens with zero attached hydrogens (tertiary/aromatic N) is 1. The van der Waals surface area contributed by atoms with Crippen molar-refractivity contribution >= 4 is 0 Å². The summed E-state index contributed by atoms with van der Waals surface area (Å²) >= 11 is 0. The maximum absolute atomic E-state index is 12.6. The molecule has 3 rings (SSSR count). The molecule has 0 atom stereocenters. The molecule has 0 radical (unpaired) electrons. The molecule has 0 saturated carbocycles. The molecule has 0 spiro atoms. The zero-order chi connectivity index (χ0) is 14.8. The fraction of sp³-hybridized carbons (Fsp3) is 0.167. The Morgan fingerprint density at radius 2 is 1.67 bits per heavy atom. The number of aromatic amines is 1. The first-order valence-electron chi connectivity index (χ1n) is 7.17. The van der Waals surface area contributed by atoms with Crippen LogP contribution in [0.5, 0.6) is 0 Å². The van der Waals surface area contributed by atoms with E-state index in [4.69, 9.17) is 0 Å². The first-order valence-corrected chi connectivity index (χ1v) is 7.17. The van der Waals surface area contributed by atoms with Crippen LogP contribution < -0.4 is 5.56 Å². The number of rotatable bonds is 3. The summed E-state index contributed by atoms with van der Waals surface area (Å²) in [6, 6.07) is 17.8. The highest BCUT2D eigenvalue weighted by atomic mass is 16.1. The summed E-state index contributed by atoms with van der Waals surface area (Å²) in [6.07, 6.45) is 0.707.